The second kappa shape index (κ2) is 8.55. The summed E-state index contributed by atoms with van der Waals surface area (Å²) < 4.78 is 16.4. The van der Waals surface area contributed by atoms with Crippen molar-refractivity contribution >= 4 is 17.6 Å². The molecule has 0 unspecified atom stereocenters. The molecular weight excluding hydrogens is 350 g/mol. The summed E-state index contributed by atoms with van der Waals surface area (Å²) in [5, 5.41) is 11.8. The topological polar surface area (TPSA) is 94.1 Å². The highest BCUT2D eigenvalue weighted by Gasteiger charge is 2.16. The monoisotopic (exact) mass is 371 g/mol. The van der Waals surface area contributed by atoms with Crippen molar-refractivity contribution in [3.63, 3.8) is 0 Å². The smallest absolute Gasteiger partial charge is 0.335 e. The quantitative estimate of drug-likeness (QED) is 0.810. The molecule has 1 amide bonds. The second-order valence-electron chi connectivity index (χ2n) is 6.13. The van der Waals surface area contributed by atoms with E-state index in [4.69, 9.17) is 19.3 Å². The molecule has 2 N–H and O–H groups in total. The van der Waals surface area contributed by atoms with E-state index in [0.717, 1.165) is 12.8 Å². The number of carboxylic acids is 1. The molecule has 0 spiro atoms. The van der Waals surface area contributed by atoms with E-state index in [9.17, 15) is 9.59 Å². The first-order valence-corrected chi connectivity index (χ1v) is 8.64. The summed E-state index contributed by atoms with van der Waals surface area (Å²) >= 11 is 0. The molecule has 27 heavy (non-hydrogen) atoms. The van der Waals surface area contributed by atoms with Crippen molar-refractivity contribution < 1.29 is 28.9 Å². The van der Waals surface area contributed by atoms with Crippen LogP contribution in [0, 0.1) is 0 Å². The highest BCUT2D eigenvalue weighted by molar-refractivity contribution is 6.05. The molecule has 2 aromatic carbocycles. The number of carbonyl (C=O) groups excluding carboxylic acids is 1. The molecule has 1 saturated heterocycles. The Kier molecular flexibility index (Phi) is 5.93. The maximum absolute atomic E-state index is 12.5. The van der Waals surface area contributed by atoms with Crippen LogP contribution in [0.4, 0.5) is 5.69 Å². The van der Waals surface area contributed by atoms with Crippen LogP contribution in [0.3, 0.4) is 0 Å². The van der Waals surface area contributed by atoms with E-state index >= 15 is 0 Å². The van der Waals surface area contributed by atoms with Gasteiger partial charge in [0.2, 0.25) is 0 Å². The Labute approximate surface area is 156 Å². The summed E-state index contributed by atoms with van der Waals surface area (Å²) in [5.74, 6) is -0.398. The van der Waals surface area contributed by atoms with Crippen molar-refractivity contribution in [3.8, 4) is 11.5 Å². The fourth-order valence-electron chi connectivity index (χ4n) is 2.79. The number of ether oxygens (including phenoxy) is 3. The van der Waals surface area contributed by atoms with E-state index < -0.39 is 5.97 Å². The van der Waals surface area contributed by atoms with E-state index in [0.29, 0.717) is 30.2 Å². The van der Waals surface area contributed by atoms with Crippen molar-refractivity contribution in [3.05, 3.63) is 53.6 Å². The summed E-state index contributed by atoms with van der Waals surface area (Å²) in [6.45, 7) is 1.40. The largest absolute Gasteiger partial charge is 0.495 e. The normalized spacial score (nSPS) is 14.4. The van der Waals surface area contributed by atoms with E-state index in [1.165, 1.54) is 25.3 Å². The minimum atomic E-state index is -1.06. The number of rotatable bonds is 6. The van der Waals surface area contributed by atoms with Crippen molar-refractivity contribution in [1.29, 1.82) is 0 Å². The third-order valence-electron chi connectivity index (χ3n) is 4.28. The van der Waals surface area contributed by atoms with Gasteiger partial charge in [0.1, 0.15) is 17.6 Å². The number of amides is 1. The van der Waals surface area contributed by atoms with Crippen LogP contribution < -0.4 is 14.8 Å². The Morgan fingerprint density at radius 3 is 2.37 bits per heavy atom. The number of carboxylic acid groups (broad SMARTS) is 1. The zero-order chi connectivity index (χ0) is 19.2. The van der Waals surface area contributed by atoms with Gasteiger partial charge < -0.3 is 24.6 Å². The molecule has 1 fully saturated rings. The van der Waals surface area contributed by atoms with Gasteiger partial charge in [-0.15, -0.1) is 0 Å². The molecule has 142 valence electrons. The van der Waals surface area contributed by atoms with Crippen LogP contribution in [0.2, 0.25) is 0 Å². The van der Waals surface area contributed by atoms with Crippen LogP contribution in [0.25, 0.3) is 0 Å². The Balaban J connectivity index is 1.66. The van der Waals surface area contributed by atoms with Crippen LogP contribution in [-0.4, -0.2) is 43.4 Å². The maximum Gasteiger partial charge on any atom is 0.335 e. The second-order valence-corrected chi connectivity index (χ2v) is 6.13. The van der Waals surface area contributed by atoms with Gasteiger partial charge in [0, 0.05) is 18.4 Å². The summed E-state index contributed by atoms with van der Waals surface area (Å²) in [6.07, 6.45) is 1.85. The van der Waals surface area contributed by atoms with Crippen molar-refractivity contribution in [2.75, 3.05) is 25.6 Å². The van der Waals surface area contributed by atoms with Gasteiger partial charge in [-0.2, -0.15) is 0 Å². The predicted molar refractivity (Wildman–Crippen MR) is 98.8 cm³/mol. The lowest BCUT2D eigenvalue weighted by Crippen LogP contribution is -2.25. The standard InChI is InChI=1S/C20H21NO6/c1-25-18-12-14(20(23)24)4-7-17(18)21-19(22)13-2-5-15(6-3-13)27-16-8-10-26-11-9-16/h2-7,12,16H,8-11H2,1H3,(H,21,22)(H,23,24). The van der Waals surface area contributed by atoms with Crippen LogP contribution in [0.1, 0.15) is 33.6 Å². The average molecular weight is 371 g/mol. The van der Waals surface area contributed by atoms with Gasteiger partial charge in [0.25, 0.3) is 5.91 Å². The van der Waals surface area contributed by atoms with Gasteiger partial charge in [0.05, 0.1) is 31.6 Å². The number of nitrogens with one attached hydrogen (secondary N) is 1. The number of hydrogen-bond donors (Lipinski definition) is 2. The zero-order valence-electron chi connectivity index (χ0n) is 14.9. The Morgan fingerprint density at radius 1 is 1.07 bits per heavy atom. The highest BCUT2D eigenvalue weighted by Crippen LogP contribution is 2.26. The van der Waals surface area contributed by atoms with Gasteiger partial charge in [-0.3, -0.25) is 4.79 Å². The van der Waals surface area contributed by atoms with Crippen LogP contribution in [-0.2, 0) is 4.74 Å². The number of anilines is 1. The number of aromatic carboxylic acids is 1. The summed E-state index contributed by atoms with van der Waals surface area (Å²) in [6, 6.07) is 11.2. The van der Waals surface area contributed by atoms with Gasteiger partial charge in [-0.05, 0) is 42.5 Å². The number of carbonyl (C=O) groups is 2. The van der Waals surface area contributed by atoms with E-state index in [-0.39, 0.29) is 23.3 Å². The molecule has 7 nitrogen and oxygen atoms in total. The first-order valence-electron chi connectivity index (χ1n) is 8.64. The first kappa shape index (κ1) is 18.7. The lowest BCUT2D eigenvalue weighted by atomic mass is 10.1. The lowest BCUT2D eigenvalue weighted by molar-refractivity contribution is 0.0255. The summed E-state index contributed by atoms with van der Waals surface area (Å²) in [4.78, 5) is 23.5. The predicted octanol–water partition coefficient (Wildman–Crippen LogP) is 3.20. The van der Waals surface area contributed by atoms with Gasteiger partial charge in [-0.25, -0.2) is 4.79 Å². The van der Waals surface area contributed by atoms with Gasteiger partial charge in [-0.1, -0.05) is 0 Å². The number of methoxy groups -OCH3 is 1. The number of benzene rings is 2. The molecule has 7 heteroatoms. The van der Waals surface area contributed by atoms with Crippen LogP contribution in [0.5, 0.6) is 11.5 Å². The maximum atomic E-state index is 12.5. The minimum absolute atomic E-state index is 0.0828. The van der Waals surface area contributed by atoms with Crippen LogP contribution >= 0.6 is 0 Å². The van der Waals surface area contributed by atoms with E-state index in [2.05, 4.69) is 5.32 Å². The molecule has 0 saturated carbocycles. The molecule has 3 rings (SSSR count). The fraction of sp³-hybridized carbons (Fsp3) is 0.300. The molecule has 1 aliphatic rings. The SMILES string of the molecule is COc1cc(C(=O)O)ccc1NC(=O)c1ccc(OC2CCOCC2)cc1. The average Bonchev–Trinajstić information content (AvgIpc) is 2.69. The molecule has 0 radical (unpaired) electrons. The minimum Gasteiger partial charge on any atom is -0.495 e. The third-order valence-corrected chi connectivity index (χ3v) is 4.28. The molecular formula is C20H21NO6. The summed E-state index contributed by atoms with van der Waals surface area (Å²) in [5.41, 5.74) is 0.938. The molecule has 1 aliphatic heterocycles. The molecule has 0 atom stereocenters. The molecule has 0 aromatic heterocycles. The summed E-state index contributed by atoms with van der Waals surface area (Å²) in [7, 11) is 1.42. The first-order chi connectivity index (χ1) is 13.1. The molecule has 1 heterocycles. The Bertz CT molecular complexity index is 812. The zero-order valence-corrected chi connectivity index (χ0v) is 14.9. The van der Waals surface area contributed by atoms with Crippen molar-refractivity contribution in [2.45, 2.75) is 18.9 Å². The molecule has 0 bridgehead atoms. The molecule has 2 aromatic rings. The Morgan fingerprint density at radius 2 is 1.74 bits per heavy atom. The van der Waals surface area contributed by atoms with Gasteiger partial charge >= 0.3 is 5.97 Å². The van der Waals surface area contributed by atoms with E-state index in [1.807, 2.05) is 0 Å². The lowest BCUT2D eigenvalue weighted by Gasteiger charge is -2.23. The van der Waals surface area contributed by atoms with Crippen LogP contribution in [0.15, 0.2) is 42.5 Å². The van der Waals surface area contributed by atoms with Gasteiger partial charge in [0.15, 0.2) is 0 Å². The molecule has 0 aliphatic carbocycles. The third kappa shape index (κ3) is 4.77. The Hall–Kier alpha value is -3.06. The van der Waals surface area contributed by atoms with Crippen molar-refractivity contribution in [1.82, 2.24) is 0 Å². The number of hydrogen-bond acceptors (Lipinski definition) is 5. The highest BCUT2D eigenvalue weighted by atomic mass is 16.5. The van der Waals surface area contributed by atoms with Crippen molar-refractivity contribution in [2.24, 2.45) is 0 Å². The van der Waals surface area contributed by atoms with E-state index in [1.54, 1.807) is 24.3 Å². The fourth-order valence-corrected chi connectivity index (χ4v) is 2.79.